The molecule has 0 fully saturated rings. The summed E-state index contributed by atoms with van der Waals surface area (Å²) in [6, 6.07) is 15.2. The highest BCUT2D eigenvalue weighted by molar-refractivity contribution is 6.31. The summed E-state index contributed by atoms with van der Waals surface area (Å²) in [5.41, 5.74) is 4.79. The molecule has 0 unspecified atom stereocenters. The summed E-state index contributed by atoms with van der Waals surface area (Å²) in [5, 5.41) is 4.21. The first kappa shape index (κ1) is 14.1. The maximum atomic E-state index is 6.36. The van der Waals surface area contributed by atoms with Gasteiger partial charge in [-0.1, -0.05) is 67.4 Å². The second-order valence-electron chi connectivity index (χ2n) is 5.21. The number of benzene rings is 2. The second-order valence-corrected chi connectivity index (χ2v) is 5.62. The quantitative estimate of drug-likeness (QED) is 0.843. The molecule has 2 aromatic rings. The zero-order valence-electron chi connectivity index (χ0n) is 11.7. The smallest absolute Gasteiger partial charge is 0.0457 e. The van der Waals surface area contributed by atoms with Gasteiger partial charge in [-0.3, -0.25) is 0 Å². The number of hydrogen-bond acceptors (Lipinski definition) is 1. The molecule has 0 saturated carbocycles. The SMILES string of the molecule is Cc1cccc(-c2ccc(CNC(C)C)c(Cl)c2)c1. The summed E-state index contributed by atoms with van der Waals surface area (Å²) in [6.07, 6.45) is 0. The van der Waals surface area contributed by atoms with Gasteiger partial charge in [-0.2, -0.15) is 0 Å². The van der Waals surface area contributed by atoms with Crippen LogP contribution in [-0.4, -0.2) is 6.04 Å². The summed E-state index contributed by atoms with van der Waals surface area (Å²) in [4.78, 5) is 0. The third-order valence-corrected chi connectivity index (χ3v) is 3.46. The lowest BCUT2D eigenvalue weighted by Gasteiger charge is -2.11. The summed E-state index contributed by atoms with van der Waals surface area (Å²) in [6.45, 7) is 7.18. The van der Waals surface area contributed by atoms with E-state index in [9.17, 15) is 0 Å². The fraction of sp³-hybridized carbons (Fsp3) is 0.294. The van der Waals surface area contributed by atoms with E-state index >= 15 is 0 Å². The largest absolute Gasteiger partial charge is 0.310 e. The van der Waals surface area contributed by atoms with Gasteiger partial charge < -0.3 is 5.32 Å². The van der Waals surface area contributed by atoms with Crippen LogP contribution in [-0.2, 0) is 6.54 Å². The fourth-order valence-electron chi connectivity index (χ4n) is 2.01. The van der Waals surface area contributed by atoms with E-state index in [-0.39, 0.29) is 0 Å². The molecule has 0 amide bonds. The van der Waals surface area contributed by atoms with Crippen LogP contribution < -0.4 is 5.32 Å². The van der Waals surface area contributed by atoms with Crippen molar-refractivity contribution >= 4 is 11.6 Å². The van der Waals surface area contributed by atoms with Crippen molar-refractivity contribution in [3.8, 4) is 11.1 Å². The predicted molar refractivity (Wildman–Crippen MR) is 83.6 cm³/mol. The first-order valence-electron chi connectivity index (χ1n) is 6.65. The number of nitrogens with one attached hydrogen (secondary N) is 1. The lowest BCUT2D eigenvalue weighted by Crippen LogP contribution is -2.21. The molecule has 100 valence electrons. The van der Waals surface area contributed by atoms with Crippen LogP contribution in [0.5, 0.6) is 0 Å². The first-order valence-corrected chi connectivity index (χ1v) is 7.03. The van der Waals surface area contributed by atoms with Crippen LogP contribution in [0.4, 0.5) is 0 Å². The first-order chi connectivity index (χ1) is 9.06. The van der Waals surface area contributed by atoms with Crippen molar-refractivity contribution in [1.29, 1.82) is 0 Å². The number of halogens is 1. The van der Waals surface area contributed by atoms with Crippen molar-refractivity contribution in [2.75, 3.05) is 0 Å². The van der Waals surface area contributed by atoms with Crippen molar-refractivity contribution in [2.45, 2.75) is 33.4 Å². The number of rotatable bonds is 4. The monoisotopic (exact) mass is 273 g/mol. The minimum absolute atomic E-state index is 0.465. The molecule has 1 N–H and O–H groups in total. The molecular formula is C17H20ClN. The fourth-order valence-corrected chi connectivity index (χ4v) is 2.26. The van der Waals surface area contributed by atoms with E-state index in [4.69, 9.17) is 11.6 Å². The van der Waals surface area contributed by atoms with Crippen LogP contribution in [0.3, 0.4) is 0 Å². The summed E-state index contributed by atoms with van der Waals surface area (Å²) < 4.78 is 0. The Morgan fingerprint density at radius 1 is 1.05 bits per heavy atom. The molecule has 0 saturated heterocycles. The predicted octanol–water partition coefficient (Wildman–Crippen LogP) is 4.81. The number of aryl methyl sites for hydroxylation is 1. The summed E-state index contributed by atoms with van der Waals surface area (Å²) in [5.74, 6) is 0. The van der Waals surface area contributed by atoms with Crippen molar-refractivity contribution < 1.29 is 0 Å². The van der Waals surface area contributed by atoms with Gasteiger partial charge in [0, 0.05) is 17.6 Å². The standard InChI is InChI=1S/C17H20ClN/c1-12(2)19-11-16-8-7-15(10-17(16)18)14-6-4-5-13(3)9-14/h4-10,12,19H,11H2,1-3H3. The van der Waals surface area contributed by atoms with E-state index in [0.29, 0.717) is 6.04 Å². The molecule has 0 bridgehead atoms. The van der Waals surface area contributed by atoms with Crippen LogP contribution in [0.15, 0.2) is 42.5 Å². The zero-order valence-corrected chi connectivity index (χ0v) is 12.5. The Hall–Kier alpha value is -1.31. The van der Waals surface area contributed by atoms with E-state index in [1.807, 2.05) is 6.07 Å². The zero-order chi connectivity index (χ0) is 13.8. The topological polar surface area (TPSA) is 12.0 Å². The van der Waals surface area contributed by atoms with Gasteiger partial charge in [0.05, 0.1) is 0 Å². The summed E-state index contributed by atoms with van der Waals surface area (Å²) >= 11 is 6.36. The Morgan fingerprint density at radius 2 is 1.79 bits per heavy atom. The molecule has 2 heteroatoms. The average molecular weight is 274 g/mol. The molecule has 0 heterocycles. The van der Waals surface area contributed by atoms with Gasteiger partial charge in [0.2, 0.25) is 0 Å². The third kappa shape index (κ3) is 3.82. The highest BCUT2D eigenvalue weighted by Gasteiger charge is 2.04. The van der Waals surface area contributed by atoms with Crippen molar-refractivity contribution in [3.05, 3.63) is 58.6 Å². The molecule has 1 nitrogen and oxygen atoms in total. The van der Waals surface area contributed by atoms with E-state index in [1.54, 1.807) is 0 Å². The van der Waals surface area contributed by atoms with Gasteiger partial charge in [-0.25, -0.2) is 0 Å². The molecule has 0 aromatic heterocycles. The van der Waals surface area contributed by atoms with Crippen LogP contribution in [0.2, 0.25) is 5.02 Å². The Labute approximate surface area is 120 Å². The number of hydrogen-bond donors (Lipinski definition) is 1. The van der Waals surface area contributed by atoms with E-state index in [0.717, 1.165) is 17.1 Å². The van der Waals surface area contributed by atoms with Crippen molar-refractivity contribution in [1.82, 2.24) is 5.32 Å². The Balaban J connectivity index is 2.23. The highest BCUT2D eigenvalue weighted by atomic mass is 35.5. The molecule has 2 aromatic carbocycles. The lowest BCUT2D eigenvalue weighted by molar-refractivity contribution is 0.589. The van der Waals surface area contributed by atoms with Gasteiger partial charge in [0.25, 0.3) is 0 Å². The highest BCUT2D eigenvalue weighted by Crippen LogP contribution is 2.26. The van der Waals surface area contributed by atoms with Crippen molar-refractivity contribution in [3.63, 3.8) is 0 Å². The summed E-state index contributed by atoms with van der Waals surface area (Å²) in [7, 11) is 0. The van der Waals surface area contributed by atoms with Gasteiger partial charge in [0.1, 0.15) is 0 Å². The van der Waals surface area contributed by atoms with E-state index in [2.05, 4.69) is 62.5 Å². The second kappa shape index (κ2) is 6.23. The maximum absolute atomic E-state index is 6.36. The van der Waals surface area contributed by atoms with Gasteiger partial charge in [0.15, 0.2) is 0 Å². The molecular weight excluding hydrogens is 254 g/mol. The average Bonchev–Trinajstić information content (AvgIpc) is 2.37. The van der Waals surface area contributed by atoms with Crippen LogP contribution in [0.25, 0.3) is 11.1 Å². The van der Waals surface area contributed by atoms with E-state index in [1.165, 1.54) is 16.7 Å². The minimum Gasteiger partial charge on any atom is -0.310 e. The third-order valence-electron chi connectivity index (χ3n) is 3.11. The minimum atomic E-state index is 0.465. The van der Waals surface area contributed by atoms with Gasteiger partial charge in [-0.05, 0) is 29.7 Å². The van der Waals surface area contributed by atoms with Crippen molar-refractivity contribution in [2.24, 2.45) is 0 Å². The van der Waals surface area contributed by atoms with Crippen LogP contribution in [0.1, 0.15) is 25.0 Å². The Bertz CT molecular complexity index is 561. The molecule has 0 aliphatic carbocycles. The maximum Gasteiger partial charge on any atom is 0.0457 e. The molecule has 19 heavy (non-hydrogen) atoms. The van der Waals surface area contributed by atoms with Gasteiger partial charge >= 0.3 is 0 Å². The lowest BCUT2D eigenvalue weighted by atomic mass is 10.0. The van der Waals surface area contributed by atoms with Crippen LogP contribution in [0, 0.1) is 6.92 Å². The molecule has 0 spiro atoms. The van der Waals surface area contributed by atoms with Gasteiger partial charge in [-0.15, -0.1) is 0 Å². The van der Waals surface area contributed by atoms with Crippen LogP contribution >= 0.6 is 11.6 Å². The normalized spacial score (nSPS) is 11.0. The molecule has 0 aliphatic heterocycles. The Morgan fingerprint density at radius 3 is 2.42 bits per heavy atom. The molecule has 0 atom stereocenters. The Kier molecular flexibility index (Phi) is 4.62. The molecule has 2 rings (SSSR count). The molecule has 0 aliphatic rings. The molecule has 0 radical (unpaired) electrons. The van der Waals surface area contributed by atoms with E-state index < -0.39 is 0 Å².